The second kappa shape index (κ2) is 6.89. The van der Waals surface area contributed by atoms with Gasteiger partial charge in [-0.15, -0.1) is 0 Å². The minimum Gasteiger partial charge on any atom is -0.487 e. The highest BCUT2D eigenvalue weighted by atomic mass is 79.9. The SMILES string of the molecule is O=[N+]([O-])c1cc(Br)ccc1COc1ccc(CO)cc1Cl. The molecule has 0 fully saturated rings. The van der Waals surface area contributed by atoms with E-state index in [1.54, 1.807) is 30.3 Å². The molecule has 2 aromatic rings. The number of benzene rings is 2. The summed E-state index contributed by atoms with van der Waals surface area (Å²) in [6.07, 6.45) is 0. The quantitative estimate of drug-likeness (QED) is 0.634. The fourth-order valence-electron chi connectivity index (χ4n) is 1.74. The molecule has 0 saturated carbocycles. The average Bonchev–Trinajstić information content (AvgIpc) is 2.46. The lowest BCUT2D eigenvalue weighted by atomic mass is 10.2. The first-order valence-electron chi connectivity index (χ1n) is 5.96. The van der Waals surface area contributed by atoms with Gasteiger partial charge in [0, 0.05) is 10.5 Å². The molecule has 2 rings (SSSR count). The molecule has 0 aliphatic carbocycles. The van der Waals surface area contributed by atoms with Crippen molar-refractivity contribution in [1.82, 2.24) is 0 Å². The fraction of sp³-hybridized carbons (Fsp3) is 0.143. The summed E-state index contributed by atoms with van der Waals surface area (Å²) < 4.78 is 6.15. The molecule has 110 valence electrons. The number of aliphatic hydroxyl groups excluding tert-OH is 1. The van der Waals surface area contributed by atoms with E-state index in [4.69, 9.17) is 21.4 Å². The molecule has 0 amide bonds. The van der Waals surface area contributed by atoms with Crippen molar-refractivity contribution in [2.45, 2.75) is 13.2 Å². The number of hydrogen-bond acceptors (Lipinski definition) is 4. The van der Waals surface area contributed by atoms with Crippen molar-refractivity contribution in [2.24, 2.45) is 0 Å². The van der Waals surface area contributed by atoms with E-state index in [9.17, 15) is 10.1 Å². The van der Waals surface area contributed by atoms with Crippen molar-refractivity contribution in [3.05, 3.63) is 67.1 Å². The van der Waals surface area contributed by atoms with Crippen LogP contribution < -0.4 is 4.74 Å². The Morgan fingerprint density at radius 2 is 2.05 bits per heavy atom. The first-order chi connectivity index (χ1) is 10.0. The van der Waals surface area contributed by atoms with Gasteiger partial charge in [-0.05, 0) is 29.8 Å². The Labute approximate surface area is 134 Å². The summed E-state index contributed by atoms with van der Waals surface area (Å²) in [5.41, 5.74) is 1.10. The topological polar surface area (TPSA) is 72.6 Å². The Morgan fingerprint density at radius 3 is 2.67 bits per heavy atom. The van der Waals surface area contributed by atoms with Crippen LogP contribution in [0.15, 0.2) is 40.9 Å². The zero-order valence-corrected chi connectivity index (χ0v) is 13.1. The summed E-state index contributed by atoms with van der Waals surface area (Å²) in [5, 5.41) is 20.4. The zero-order valence-electron chi connectivity index (χ0n) is 10.8. The molecule has 0 heterocycles. The van der Waals surface area contributed by atoms with Crippen LogP contribution in [-0.4, -0.2) is 10.0 Å². The molecule has 0 aliphatic rings. The number of rotatable bonds is 5. The molecule has 0 radical (unpaired) electrons. The Bertz CT molecular complexity index is 678. The molecular formula is C14H11BrClNO4. The van der Waals surface area contributed by atoms with Crippen molar-refractivity contribution >= 4 is 33.2 Å². The molecule has 0 saturated heterocycles. The molecule has 5 nitrogen and oxygen atoms in total. The van der Waals surface area contributed by atoms with Crippen LogP contribution >= 0.6 is 27.5 Å². The first kappa shape index (κ1) is 15.8. The predicted molar refractivity (Wildman–Crippen MR) is 82.5 cm³/mol. The third-order valence-electron chi connectivity index (χ3n) is 2.81. The molecule has 2 aromatic carbocycles. The van der Waals surface area contributed by atoms with Gasteiger partial charge in [0.2, 0.25) is 0 Å². The summed E-state index contributed by atoms with van der Waals surface area (Å²) in [4.78, 5) is 10.6. The van der Waals surface area contributed by atoms with E-state index in [2.05, 4.69) is 15.9 Å². The molecule has 21 heavy (non-hydrogen) atoms. The highest BCUT2D eigenvalue weighted by Crippen LogP contribution is 2.29. The van der Waals surface area contributed by atoms with Gasteiger partial charge in [0.15, 0.2) is 0 Å². The Kier molecular flexibility index (Phi) is 5.17. The van der Waals surface area contributed by atoms with E-state index in [1.807, 2.05) is 0 Å². The van der Waals surface area contributed by atoms with E-state index < -0.39 is 4.92 Å². The Hall–Kier alpha value is -1.63. The summed E-state index contributed by atoms with van der Waals surface area (Å²) in [6.45, 7) is -0.0834. The molecule has 0 aliphatic heterocycles. The van der Waals surface area contributed by atoms with Crippen LogP contribution in [0.2, 0.25) is 5.02 Å². The number of aliphatic hydroxyl groups is 1. The highest BCUT2D eigenvalue weighted by molar-refractivity contribution is 9.10. The van der Waals surface area contributed by atoms with E-state index in [-0.39, 0.29) is 18.9 Å². The van der Waals surface area contributed by atoms with Crippen molar-refractivity contribution < 1.29 is 14.8 Å². The Morgan fingerprint density at radius 1 is 1.29 bits per heavy atom. The van der Waals surface area contributed by atoms with Gasteiger partial charge in [0.1, 0.15) is 12.4 Å². The summed E-state index contributed by atoms with van der Waals surface area (Å²) in [7, 11) is 0. The van der Waals surface area contributed by atoms with Crippen LogP contribution in [0.4, 0.5) is 5.69 Å². The number of ether oxygens (including phenoxy) is 1. The number of halogens is 2. The van der Waals surface area contributed by atoms with Crippen molar-refractivity contribution in [3.8, 4) is 5.75 Å². The number of nitrogens with zero attached hydrogens (tertiary/aromatic N) is 1. The van der Waals surface area contributed by atoms with Gasteiger partial charge in [-0.3, -0.25) is 10.1 Å². The van der Waals surface area contributed by atoms with E-state index >= 15 is 0 Å². The van der Waals surface area contributed by atoms with Crippen LogP contribution in [-0.2, 0) is 13.2 Å². The van der Waals surface area contributed by atoms with Gasteiger partial charge in [-0.25, -0.2) is 0 Å². The van der Waals surface area contributed by atoms with Crippen LogP contribution in [0.3, 0.4) is 0 Å². The van der Waals surface area contributed by atoms with Gasteiger partial charge >= 0.3 is 0 Å². The lowest BCUT2D eigenvalue weighted by Gasteiger charge is -2.09. The van der Waals surface area contributed by atoms with E-state index in [1.165, 1.54) is 6.07 Å². The van der Waals surface area contributed by atoms with Crippen LogP contribution in [0.25, 0.3) is 0 Å². The smallest absolute Gasteiger partial charge is 0.277 e. The van der Waals surface area contributed by atoms with Gasteiger partial charge in [-0.2, -0.15) is 0 Å². The minimum absolute atomic E-state index is 0.0209. The van der Waals surface area contributed by atoms with Crippen LogP contribution in [0.5, 0.6) is 5.75 Å². The first-order valence-corrected chi connectivity index (χ1v) is 7.13. The number of hydrogen-bond donors (Lipinski definition) is 1. The van der Waals surface area contributed by atoms with E-state index in [0.717, 1.165) is 0 Å². The van der Waals surface area contributed by atoms with Gasteiger partial charge in [0.05, 0.1) is 22.1 Å². The van der Waals surface area contributed by atoms with Gasteiger partial charge in [-0.1, -0.05) is 33.6 Å². The summed E-state index contributed by atoms with van der Waals surface area (Å²) in [6, 6.07) is 9.65. The lowest BCUT2D eigenvalue weighted by molar-refractivity contribution is -0.385. The second-order valence-corrected chi connectivity index (χ2v) is 5.56. The highest BCUT2D eigenvalue weighted by Gasteiger charge is 2.15. The van der Waals surface area contributed by atoms with Crippen molar-refractivity contribution in [3.63, 3.8) is 0 Å². The number of nitro benzene ring substituents is 1. The molecule has 1 N–H and O–H groups in total. The standard InChI is InChI=1S/C14H11BrClNO4/c15-11-3-2-10(13(6-11)17(19)20)8-21-14-4-1-9(7-18)5-12(14)16/h1-6,18H,7-8H2. The van der Waals surface area contributed by atoms with Gasteiger partial charge < -0.3 is 9.84 Å². The molecule has 0 aromatic heterocycles. The zero-order chi connectivity index (χ0) is 15.4. The van der Waals surface area contributed by atoms with Crippen molar-refractivity contribution in [2.75, 3.05) is 0 Å². The second-order valence-electron chi connectivity index (χ2n) is 4.24. The fourth-order valence-corrected chi connectivity index (χ4v) is 2.35. The van der Waals surface area contributed by atoms with Crippen LogP contribution in [0, 0.1) is 10.1 Å². The third kappa shape index (κ3) is 3.93. The molecule has 7 heteroatoms. The predicted octanol–water partition coefficient (Wildman–Crippen LogP) is 4.08. The minimum atomic E-state index is -0.458. The van der Waals surface area contributed by atoms with Crippen molar-refractivity contribution in [1.29, 1.82) is 0 Å². The molecule has 0 unspecified atom stereocenters. The van der Waals surface area contributed by atoms with Crippen LogP contribution in [0.1, 0.15) is 11.1 Å². The summed E-state index contributed by atoms with van der Waals surface area (Å²) >= 11 is 9.22. The normalized spacial score (nSPS) is 10.4. The Balaban J connectivity index is 2.18. The average molecular weight is 373 g/mol. The van der Waals surface area contributed by atoms with Gasteiger partial charge in [0.25, 0.3) is 5.69 Å². The molecular weight excluding hydrogens is 362 g/mol. The third-order valence-corrected chi connectivity index (χ3v) is 3.59. The maximum atomic E-state index is 11.0. The maximum Gasteiger partial charge on any atom is 0.277 e. The number of nitro groups is 1. The monoisotopic (exact) mass is 371 g/mol. The molecule has 0 atom stereocenters. The molecule has 0 spiro atoms. The van der Waals surface area contributed by atoms with E-state index in [0.29, 0.717) is 26.4 Å². The lowest BCUT2D eigenvalue weighted by Crippen LogP contribution is -2.01. The largest absolute Gasteiger partial charge is 0.487 e. The maximum absolute atomic E-state index is 11.0. The molecule has 0 bridgehead atoms. The summed E-state index contributed by atoms with van der Waals surface area (Å²) in [5.74, 6) is 0.408.